The van der Waals surface area contributed by atoms with E-state index in [1.165, 1.54) is 11.3 Å². The smallest absolute Gasteiger partial charge is 0.266 e. The average Bonchev–Trinajstić information content (AvgIpc) is 2.92. The summed E-state index contributed by atoms with van der Waals surface area (Å²) >= 11 is 1.46. The van der Waals surface area contributed by atoms with Crippen molar-refractivity contribution < 1.29 is 9.53 Å². The van der Waals surface area contributed by atoms with Gasteiger partial charge in [0.15, 0.2) is 11.2 Å². The SMILES string of the molecule is Cc1cccc2sc(NC(=O)[C@@H](C)Oc3ccccc3)nc12. The van der Waals surface area contributed by atoms with Crippen LogP contribution in [-0.4, -0.2) is 17.0 Å². The number of carbonyl (C=O) groups is 1. The molecule has 0 aliphatic heterocycles. The van der Waals surface area contributed by atoms with Gasteiger partial charge in [-0.3, -0.25) is 10.1 Å². The summed E-state index contributed by atoms with van der Waals surface area (Å²) in [5.41, 5.74) is 2.03. The van der Waals surface area contributed by atoms with Crippen LogP contribution in [0.5, 0.6) is 5.75 Å². The number of hydrogen-bond acceptors (Lipinski definition) is 4. The maximum absolute atomic E-state index is 12.2. The number of nitrogens with one attached hydrogen (secondary N) is 1. The monoisotopic (exact) mass is 312 g/mol. The highest BCUT2D eigenvalue weighted by Gasteiger charge is 2.17. The van der Waals surface area contributed by atoms with Crippen molar-refractivity contribution in [3.05, 3.63) is 54.1 Å². The molecule has 0 saturated carbocycles. The van der Waals surface area contributed by atoms with Crippen LogP contribution in [0.4, 0.5) is 5.13 Å². The lowest BCUT2D eigenvalue weighted by atomic mass is 10.2. The van der Waals surface area contributed by atoms with E-state index >= 15 is 0 Å². The third kappa shape index (κ3) is 3.09. The summed E-state index contributed by atoms with van der Waals surface area (Å²) < 4.78 is 6.67. The van der Waals surface area contributed by atoms with Gasteiger partial charge in [-0.15, -0.1) is 0 Å². The number of rotatable bonds is 4. The molecule has 112 valence electrons. The van der Waals surface area contributed by atoms with E-state index < -0.39 is 6.10 Å². The molecule has 0 saturated heterocycles. The molecular weight excluding hydrogens is 296 g/mol. The zero-order chi connectivity index (χ0) is 15.5. The summed E-state index contributed by atoms with van der Waals surface area (Å²) in [4.78, 5) is 16.7. The van der Waals surface area contributed by atoms with Crippen molar-refractivity contribution >= 4 is 32.6 Å². The standard InChI is InChI=1S/C17H16N2O2S/c1-11-7-6-10-14-15(11)18-17(22-14)19-16(20)12(2)21-13-8-4-3-5-9-13/h3-10,12H,1-2H3,(H,18,19,20)/t12-/m1/s1. The Morgan fingerprint density at radius 3 is 2.68 bits per heavy atom. The molecule has 1 atom stereocenters. The number of para-hydroxylation sites is 2. The molecule has 1 N–H and O–H groups in total. The minimum absolute atomic E-state index is 0.208. The predicted molar refractivity (Wildman–Crippen MR) is 89.5 cm³/mol. The molecule has 0 fully saturated rings. The number of benzene rings is 2. The van der Waals surface area contributed by atoms with E-state index in [1.807, 2.05) is 55.5 Å². The first kappa shape index (κ1) is 14.5. The first-order valence-electron chi connectivity index (χ1n) is 7.02. The van der Waals surface area contributed by atoms with Gasteiger partial charge < -0.3 is 4.74 Å². The third-order valence-electron chi connectivity index (χ3n) is 3.28. The fourth-order valence-electron chi connectivity index (χ4n) is 2.10. The van der Waals surface area contributed by atoms with Gasteiger partial charge in [-0.25, -0.2) is 4.98 Å². The highest BCUT2D eigenvalue weighted by Crippen LogP contribution is 2.28. The molecule has 0 radical (unpaired) electrons. The topological polar surface area (TPSA) is 51.2 Å². The summed E-state index contributed by atoms with van der Waals surface area (Å²) in [5.74, 6) is 0.464. The van der Waals surface area contributed by atoms with E-state index in [0.717, 1.165) is 15.8 Å². The minimum atomic E-state index is -0.587. The summed E-state index contributed by atoms with van der Waals surface area (Å²) in [7, 11) is 0. The molecule has 0 aliphatic rings. The van der Waals surface area contributed by atoms with Crippen LogP contribution in [0.2, 0.25) is 0 Å². The molecule has 0 spiro atoms. The summed E-state index contributed by atoms with van der Waals surface area (Å²) in [5, 5.41) is 3.42. The van der Waals surface area contributed by atoms with Gasteiger partial charge in [0, 0.05) is 0 Å². The molecule has 3 aromatic rings. The van der Waals surface area contributed by atoms with Crippen molar-refractivity contribution in [3.63, 3.8) is 0 Å². The quantitative estimate of drug-likeness (QED) is 0.792. The van der Waals surface area contributed by atoms with E-state index in [0.29, 0.717) is 10.9 Å². The van der Waals surface area contributed by atoms with Crippen LogP contribution >= 0.6 is 11.3 Å². The van der Waals surface area contributed by atoms with Gasteiger partial charge in [0.05, 0.1) is 10.2 Å². The van der Waals surface area contributed by atoms with Crippen molar-refractivity contribution in [2.75, 3.05) is 5.32 Å². The number of fused-ring (bicyclic) bond motifs is 1. The summed E-state index contributed by atoms with van der Waals surface area (Å²) in [6.07, 6.45) is -0.587. The number of carbonyl (C=O) groups excluding carboxylic acids is 1. The molecule has 2 aromatic carbocycles. The number of amides is 1. The van der Waals surface area contributed by atoms with E-state index in [2.05, 4.69) is 10.3 Å². The van der Waals surface area contributed by atoms with Crippen LogP contribution in [0.25, 0.3) is 10.2 Å². The van der Waals surface area contributed by atoms with Crippen molar-refractivity contribution in [3.8, 4) is 5.75 Å². The zero-order valence-electron chi connectivity index (χ0n) is 12.4. The summed E-state index contributed by atoms with van der Waals surface area (Å²) in [6.45, 7) is 3.73. The van der Waals surface area contributed by atoms with Gasteiger partial charge in [0.2, 0.25) is 0 Å². The second-order valence-electron chi connectivity index (χ2n) is 5.00. The molecule has 0 aliphatic carbocycles. The fraction of sp³-hybridized carbons (Fsp3) is 0.176. The average molecular weight is 312 g/mol. The van der Waals surface area contributed by atoms with Crippen LogP contribution in [0, 0.1) is 6.92 Å². The first-order valence-corrected chi connectivity index (χ1v) is 7.84. The normalized spacial score (nSPS) is 12.1. The molecule has 5 heteroatoms. The van der Waals surface area contributed by atoms with Crippen LogP contribution in [0.3, 0.4) is 0 Å². The van der Waals surface area contributed by atoms with Crippen LogP contribution in [0.1, 0.15) is 12.5 Å². The zero-order valence-corrected chi connectivity index (χ0v) is 13.2. The van der Waals surface area contributed by atoms with E-state index in [1.54, 1.807) is 6.92 Å². The maximum Gasteiger partial charge on any atom is 0.266 e. The van der Waals surface area contributed by atoms with E-state index in [4.69, 9.17) is 4.74 Å². The molecule has 0 unspecified atom stereocenters. The second-order valence-corrected chi connectivity index (χ2v) is 6.03. The van der Waals surface area contributed by atoms with Crippen molar-refractivity contribution in [1.82, 2.24) is 4.98 Å². The Balaban J connectivity index is 1.71. The van der Waals surface area contributed by atoms with E-state index in [9.17, 15) is 4.79 Å². The number of ether oxygens (including phenoxy) is 1. The lowest BCUT2D eigenvalue weighted by Gasteiger charge is -2.13. The number of thiazole rings is 1. The Kier molecular flexibility index (Phi) is 4.06. The van der Waals surface area contributed by atoms with Gasteiger partial charge in [-0.2, -0.15) is 0 Å². The number of aryl methyl sites for hydroxylation is 1. The number of hydrogen-bond donors (Lipinski definition) is 1. The Bertz CT molecular complexity index is 799. The van der Waals surface area contributed by atoms with Crippen LogP contribution in [0.15, 0.2) is 48.5 Å². The van der Waals surface area contributed by atoms with Crippen molar-refractivity contribution in [1.29, 1.82) is 0 Å². The lowest BCUT2D eigenvalue weighted by Crippen LogP contribution is -2.30. The molecule has 0 bridgehead atoms. The van der Waals surface area contributed by atoms with Crippen LogP contribution < -0.4 is 10.1 Å². The molecule has 1 aromatic heterocycles. The third-order valence-corrected chi connectivity index (χ3v) is 4.21. The van der Waals surface area contributed by atoms with Gasteiger partial charge in [0.25, 0.3) is 5.91 Å². The number of aromatic nitrogens is 1. The van der Waals surface area contributed by atoms with Crippen LogP contribution in [-0.2, 0) is 4.79 Å². The van der Waals surface area contributed by atoms with Crippen molar-refractivity contribution in [2.45, 2.75) is 20.0 Å². The highest BCUT2D eigenvalue weighted by molar-refractivity contribution is 7.22. The lowest BCUT2D eigenvalue weighted by molar-refractivity contribution is -0.122. The van der Waals surface area contributed by atoms with Gasteiger partial charge in [0.1, 0.15) is 5.75 Å². The Morgan fingerprint density at radius 1 is 1.18 bits per heavy atom. The Hall–Kier alpha value is -2.40. The van der Waals surface area contributed by atoms with Gasteiger partial charge >= 0.3 is 0 Å². The molecule has 4 nitrogen and oxygen atoms in total. The number of nitrogens with zero attached hydrogens (tertiary/aromatic N) is 1. The minimum Gasteiger partial charge on any atom is -0.481 e. The summed E-state index contributed by atoms with van der Waals surface area (Å²) in [6, 6.07) is 15.3. The highest BCUT2D eigenvalue weighted by atomic mass is 32.1. The van der Waals surface area contributed by atoms with Gasteiger partial charge in [-0.1, -0.05) is 41.7 Å². The second kappa shape index (κ2) is 6.15. The Morgan fingerprint density at radius 2 is 1.95 bits per heavy atom. The Labute approximate surface area is 132 Å². The molecular formula is C17H16N2O2S. The maximum atomic E-state index is 12.2. The fourth-order valence-corrected chi connectivity index (χ4v) is 3.05. The molecule has 22 heavy (non-hydrogen) atoms. The first-order chi connectivity index (χ1) is 10.6. The number of anilines is 1. The molecule has 1 heterocycles. The van der Waals surface area contributed by atoms with Gasteiger partial charge in [-0.05, 0) is 37.6 Å². The van der Waals surface area contributed by atoms with Crippen molar-refractivity contribution in [2.24, 2.45) is 0 Å². The molecule has 1 amide bonds. The largest absolute Gasteiger partial charge is 0.481 e. The van der Waals surface area contributed by atoms with E-state index in [-0.39, 0.29) is 5.91 Å². The molecule has 3 rings (SSSR count). The predicted octanol–water partition coefficient (Wildman–Crippen LogP) is 4.01.